The summed E-state index contributed by atoms with van der Waals surface area (Å²) in [5, 5.41) is 15.0. The molecule has 0 unspecified atom stereocenters. The van der Waals surface area contributed by atoms with Crippen molar-refractivity contribution in [2.75, 3.05) is 0 Å². The molecule has 0 saturated carbocycles. The van der Waals surface area contributed by atoms with Gasteiger partial charge in [-0.1, -0.05) is 261 Å². The van der Waals surface area contributed by atoms with E-state index < -0.39 is 0 Å². The summed E-state index contributed by atoms with van der Waals surface area (Å²) >= 11 is 3.84. The summed E-state index contributed by atoms with van der Waals surface area (Å²) in [5.41, 5.74) is 22.8. The Balaban J connectivity index is 0.897. The molecule has 3 aromatic heterocycles. The molecule has 0 bridgehead atoms. The second kappa shape index (κ2) is 21.6. The van der Waals surface area contributed by atoms with Crippen LogP contribution in [-0.4, -0.2) is 4.57 Å². The minimum atomic E-state index is 1.12. The highest BCUT2D eigenvalue weighted by atomic mass is 32.1. The average molecular weight is 1210 g/mol. The van der Waals surface area contributed by atoms with E-state index in [1.54, 1.807) is 0 Å². The molecule has 0 aliphatic rings. The summed E-state index contributed by atoms with van der Waals surface area (Å²) in [7, 11) is 0. The van der Waals surface area contributed by atoms with Crippen LogP contribution in [0.4, 0.5) is 0 Å². The lowest BCUT2D eigenvalue weighted by Gasteiger charge is -2.15. The topological polar surface area (TPSA) is 4.93 Å². The molecule has 19 aromatic rings. The lowest BCUT2D eigenvalue weighted by molar-refractivity contribution is 1.19. The van der Waals surface area contributed by atoms with Gasteiger partial charge < -0.3 is 4.57 Å². The maximum Gasteiger partial charge on any atom is 0.0547 e. The van der Waals surface area contributed by atoms with Crippen LogP contribution in [0, 0.1) is 0 Å². The number of rotatable bonds is 9. The third kappa shape index (κ3) is 8.80. The van der Waals surface area contributed by atoms with Crippen LogP contribution in [0.25, 0.3) is 189 Å². The van der Waals surface area contributed by atoms with Gasteiger partial charge >= 0.3 is 0 Å². The van der Waals surface area contributed by atoms with Crippen molar-refractivity contribution in [3.63, 3.8) is 0 Å². The Morgan fingerprint density at radius 2 is 0.430 bits per heavy atom. The van der Waals surface area contributed by atoms with Gasteiger partial charge in [0.1, 0.15) is 0 Å². The fourth-order valence-electron chi connectivity index (χ4n) is 14.9. The zero-order valence-electron chi connectivity index (χ0n) is 50.5. The molecule has 0 atom stereocenters. The molecule has 16 aromatic carbocycles. The van der Waals surface area contributed by atoms with Crippen LogP contribution in [0.15, 0.2) is 334 Å². The Morgan fingerprint density at radius 1 is 0.161 bits per heavy atom. The molecule has 432 valence electrons. The van der Waals surface area contributed by atoms with E-state index in [0.29, 0.717) is 0 Å². The van der Waals surface area contributed by atoms with Gasteiger partial charge in [0.15, 0.2) is 0 Å². The van der Waals surface area contributed by atoms with Crippen LogP contribution in [0.1, 0.15) is 0 Å². The predicted molar refractivity (Wildman–Crippen MR) is 403 cm³/mol. The first-order valence-electron chi connectivity index (χ1n) is 31.9. The number of benzene rings is 16. The summed E-state index contributed by atoms with van der Waals surface area (Å²) in [6.45, 7) is 0. The van der Waals surface area contributed by atoms with Gasteiger partial charge in [-0.15, -0.1) is 22.7 Å². The van der Waals surface area contributed by atoms with Crippen molar-refractivity contribution in [1.29, 1.82) is 0 Å². The largest absolute Gasteiger partial charge is 0.309 e. The summed E-state index contributed by atoms with van der Waals surface area (Å²) in [5.74, 6) is 0. The van der Waals surface area contributed by atoms with Crippen LogP contribution in [0.3, 0.4) is 0 Å². The molecule has 0 spiro atoms. The quantitative estimate of drug-likeness (QED) is 0.127. The molecule has 1 nitrogen and oxygen atoms in total. The van der Waals surface area contributed by atoms with Gasteiger partial charge in [0.25, 0.3) is 0 Å². The Labute approximate surface area is 546 Å². The van der Waals surface area contributed by atoms with Crippen LogP contribution < -0.4 is 0 Å². The van der Waals surface area contributed by atoms with E-state index in [1.807, 2.05) is 22.7 Å². The SMILES string of the molecule is c1ccc(-c2cc(-c3ccccc3)c3sc4c(-c5ccc6c7ccc(-c8cc(-c9ccccc9)cc9c8sc8c(-c%10ccccc%10)cc(-c%10ccccc%10)cc89)cc7n(-c7ccc8c9ccccc9c9ccccc9c8c7)c6c5)cc(-c5ccccc5)cc4c3c2)cc1. The van der Waals surface area contributed by atoms with Crippen molar-refractivity contribution >= 4 is 117 Å². The standard InChI is InChI=1S/C90H55NS2/c1-7-23-56(24-8-1)64-45-76(60-31-15-5-16-32-60)87-81(49-64)83-51-66(58-27-11-3-12-28-58)47-78(89(83)92-87)62-39-42-74-75-43-40-63(54-86(75)91(85(74)53-62)68-41-44-73-71-37-20-19-35-69(71)70-36-21-22-38-72(70)80(73)55-68)79-48-67(59-29-13-4-14-30-59)52-84-82-50-65(57-25-9-2-10-26-57)46-77(88(82)93-90(79)84)61-33-17-6-18-34-61/h1-55H. The van der Waals surface area contributed by atoms with Gasteiger partial charge in [0, 0.05) is 79.1 Å². The predicted octanol–water partition coefficient (Wildman–Crippen LogP) is 26.3. The third-order valence-corrected chi connectivity index (χ3v) is 21.9. The second-order valence-corrected chi connectivity index (χ2v) is 26.7. The molecule has 93 heavy (non-hydrogen) atoms. The van der Waals surface area contributed by atoms with Crippen molar-refractivity contribution in [2.45, 2.75) is 0 Å². The highest BCUT2D eigenvalue weighted by molar-refractivity contribution is 7.27. The first kappa shape index (κ1) is 53.4. The molecule has 3 heterocycles. The van der Waals surface area contributed by atoms with Gasteiger partial charge in [-0.2, -0.15) is 0 Å². The van der Waals surface area contributed by atoms with Crippen molar-refractivity contribution in [3.05, 3.63) is 334 Å². The van der Waals surface area contributed by atoms with Crippen molar-refractivity contribution in [2.24, 2.45) is 0 Å². The molecule has 0 radical (unpaired) electrons. The van der Waals surface area contributed by atoms with E-state index in [4.69, 9.17) is 0 Å². The van der Waals surface area contributed by atoms with Crippen molar-refractivity contribution < 1.29 is 0 Å². The number of fused-ring (bicyclic) bond motifs is 15. The minimum Gasteiger partial charge on any atom is -0.309 e. The Morgan fingerprint density at radius 3 is 0.763 bits per heavy atom. The van der Waals surface area contributed by atoms with Crippen LogP contribution in [0.2, 0.25) is 0 Å². The highest BCUT2D eigenvalue weighted by Gasteiger charge is 2.24. The molecule has 0 aliphatic carbocycles. The zero-order valence-corrected chi connectivity index (χ0v) is 52.2. The summed E-state index contributed by atoms with van der Waals surface area (Å²) in [6, 6.07) is 125. The van der Waals surface area contributed by atoms with E-state index >= 15 is 0 Å². The first-order valence-corrected chi connectivity index (χ1v) is 33.6. The van der Waals surface area contributed by atoms with E-state index in [-0.39, 0.29) is 0 Å². The van der Waals surface area contributed by atoms with Gasteiger partial charge in [-0.3, -0.25) is 0 Å². The molecule has 19 rings (SSSR count). The van der Waals surface area contributed by atoms with Crippen LogP contribution in [-0.2, 0) is 0 Å². The molecule has 0 amide bonds. The number of hydrogen-bond acceptors (Lipinski definition) is 2. The average Bonchev–Trinajstić information content (AvgIpc) is 1.67. The van der Waals surface area contributed by atoms with E-state index in [2.05, 4.69) is 338 Å². The van der Waals surface area contributed by atoms with Gasteiger partial charge in [0.05, 0.1) is 11.0 Å². The van der Waals surface area contributed by atoms with Crippen molar-refractivity contribution in [3.8, 4) is 94.7 Å². The van der Waals surface area contributed by atoms with Crippen LogP contribution in [0.5, 0.6) is 0 Å². The monoisotopic (exact) mass is 1210 g/mol. The van der Waals surface area contributed by atoms with E-state index in [0.717, 1.165) is 16.7 Å². The zero-order chi connectivity index (χ0) is 61.1. The van der Waals surface area contributed by atoms with Crippen molar-refractivity contribution in [1.82, 2.24) is 4.57 Å². The maximum atomic E-state index is 2.58. The smallest absolute Gasteiger partial charge is 0.0547 e. The van der Waals surface area contributed by atoms with Gasteiger partial charge in [-0.25, -0.2) is 0 Å². The Kier molecular flexibility index (Phi) is 12.4. The number of nitrogens with zero attached hydrogens (tertiary/aromatic N) is 1. The normalized spacial score (nSPS) is 11.9. The molecule has 3 heteroatoms. The summed E-state index contributed by atoms with van der Waals surface area (Å²) in [4.78, 5) is 0. The van der Waals surface area contributed by atoms with Gasteiger partial charge in [-0.05, 0) is 172 Å². The molecule has 0 aliphatic heterocycles. The summed E-state index contributed by atoms with van der Waals surface area (Å²) in [6.07, 6.45) is 0. The summed E-state index contributed by atoms with van der Waals surface area (Å²) < 4.78 is 7.71. The first-order chi connectivity index (χ1) is 46.1. The Hall–Kier alpha value is -11.5. The fraction of sp³-hybridized carbons (Fsp3) is 0. The lowest BCUT2D eigenvalue weighted by Crippen LogP contribution is -1.95. The molecule has 0 saturated heterocycles. The molecule has 0 fully saturated rings. The maximum absolute atomic E-state index is 2.58. The highest BCUT2D eigenvalue weighted by Crippen LogP contribution is 2.51. The number of aromatic nitrogens is 1. The van der Waals surface area contributed by atoms with E-state index in [1.165, 1.54) is 172 Å². The van der Waals surface area contributed by atoms with Gasteiger partial charge in [0.2, 0.25) is 0 Å². The van der Waals surface area contributed by atoms with E-state index in [9.17, 15) is 0 Å². The third-order valence-electron chi connectivity index (χ3n) is 19.3. The fourth-order valence-corrected chi connectivity index (χ4v) is 17.6. The Bertz CT molecular complexity index is 5850. The minimum absolute atomic E-state index is 1.12. The molecule has 0 N–H and O–H groups in total. The number of hydrogen-bond donors (Lipinski definition) is 0. The van der Waals surface area contributed by atoms with Crippen LogP contribution >= 0.6 is 22.7 Å². The molecular weight excluding hydrogens is 1160 g/mol. The second-order valence-electron chi connectivity index (χ2n) is 24.6. The number of thiophene rings is 2. The lowest BCUT2D eigenvalue weighted by atomic mass is 9.92. The molecular formula is C90H55NS2.